The van der Waals surface area contributed by atoms with E-state index in [9.17, 15) is 0 Å². The highest BCUT2D eigenvalue weighted by atomic mass is 16.3. The average Bonchev–Trinajstić information content (AvgIpc) is 2.04. The Balaban J connectivity index is 3.53. The molecule has 0 saturated carbocycles. The molecule has 0 aliphatic heterocycles. The SMILES string of the molecule is CCCC(C)CC(CO)CCC. The van der Waals surface area contributed by atoms with E-state index in [0.29, 0.717) is 12.5 Å². The molecule has 1 N–H and O–H groups in total. The van der Waals surface area contributed by atoms with Crippen LogP contribution in [0.5, 0.6) is 0 Å². The van der Waals surface area contributed by atoms with Crippen molar-refractivity contribution in [3.63, 3.8) is 0 Å². The van der Waals surface area contributed by atoms with Gasteiger partial charge in [0.2, 0.25) is 0 Å². The quantitative estimate of drug-likeness (QED) is 0.625. The molecule has 0 heterocycles. The Bertz CT molecular complexity index is 91.0. The van der Waals surface area contributed by atoms with Crippen LogP contribution in [-0.4, -0.2) is 11.7 Å². The molecule has 0 aromatic carbocycles. The lowest BCUT2D eigenvalue weighted by molar-refractivity contribution is 0.192. The van der Waals surface area contributed by atoms with Crippen molar-refractivity contribution in [2.45, 2.75) is 52.9 Å². The van der Waals surface area contributed by atoms with Gasteiger partial charge in [-0.2, -0.15) is 0 Å². The van der Waals surface area contributed by atoms with Gasteiger partial charge >= 0.3 is 0 Å². The van der Waals surface area contributed by atoms with Gasteiger partial charge in [0.15, 0.2) is 0 Å². The number of aliphatic hydroxyl groups is 1. The standard InChI is InChI=1S/C11H24O/c1-4-6-10(3)8-11(9-12)7-5-2/h10-12H,4-9H2,1-3H3. The number of aliphatic hydroxyl groups excluding tert-OH is 1. The lowest BCUT2D eigenvalue weighted by Crippen LogP contribution is -2.10. The van der Waals surface area contributed by atoms with E-state index in [4.69, 9.17) is 5.11 Å². The van der Waals surface area contributed by atoms with Crippen molar-refractivity contribution in [3.05, 3.63) is 0 Å². The van der Waals surface area contributed by atoms with E-state index < -0.39 is 0 Å². The predicted molar refractivity (Wildman–Crippen MR) is 54.2 cm³/mol. The molecule has 0 fully saturated rings. The Morgan fingerprint density at radius 1 is 1.08 bits per heavy atom. The molecule has 0 radical (unpaired) electrons. The molecular formula is C11H24O. The van der Waals surface area contributed by atoms with Gasteiger partial charge in [0.25, 0.3) is 0 Å². The van der Waals surface area contributed by atoms with Crippen LogP contribution >= 0.6 is 0 Å². The monoisotopic (exact) mass is 172 g/mol. The highest BCUT2D eigenvalue weighted by Crippen LogP contribution is 2.19. The lowest BCUT2D eigenvalue weighted by atomic mass is 9.90. The molecule has 0 spiro atoms. The minimum Gasteiger partial charge on any atom is -0.396 e. The van der Waals surface area contributed by atoms with Gasteiger partial charge in [0, 0.05) is 6.61 Å². The van der Waals surface area contributed by atoms with E-state index in [1.165, 1.54) is 32.1 Å². The summed E-state index contributed by atoms with van der Waals surface area (Å²) in [5, 5.41) is 9.07. The summed E-state index contributed by atoms with van der Waals surface area (Å²) < 4.78 is 0. The van der Waals surface area contributed by atoms with E-state index in [0.717, 1.165) is 5.92 Å². The molecule has 1 heteroatoms. The van der Waals surface area contributed by atoms with E-state index in [-0.39, 0.29) is 0 Å². The maximum absolute atomic E-state index is 9.07. The zero-order valence-electron chi connectivity index (χ0n) is 8.84. The Kier molecular flexibility index (Phi) is 7.58. The number of rotatable bonds is 7. The number of hydrogen-bond acceptors (Lipinski definition) is 1. The van der Waals surface area contributed by atoms with Crippen molar-refractivity contribution in [1.29, 1.82) is 0 Å². The Hall–Kier alpha value is -0.0400. The molecular weight excluding hydrogens is 148 g/mol. The fraction of sp³-hybridized carbons (Fsp3) is 1.00. The average molecular weight is 172 g/mol. The second-order valence-corrected chi connectivity index (χ2v) is 3.97. The topological polar surface area (TPSA) is 20.2 Å². The zero-order chi connectivity index (χ0) is 9.40. The van der Waals surface area contributed by atoms with Crippen molar-refractivity contribution in [1.82, 2.24) is 0 Å². The molecule has 2 atom stereocenters. The molecule has 0 amide bonds. The summed E-state index contributed by atoms with van der Waals surface area (Å²) in [5.41, 5.74) is 0. The van der Waals surface area contributed by atoms with Gasteiger partial charge in [-0.05, 0) is 24.7 Å². The van der Waals surface area contributed by atoms with Gasteiger partial charge in [-0.25, -0.2) is 0 Å². The van der Waals surface area contributed by atoms with Crippen LogP contribution in [0.25, 0.3) is 0 Å². The molecule has 12 heavy (non-hydrogen) atoms. The van der Waals surface area contributed by atoms with Crippen LogP contribution < -0.4 is 0 Å². The first-order valence-electron chi connectivity index (χ1n) is 5.35. The predicted octanol–water partition coefficient (Wildman–Crippen LogP) is 3.22. The van der Waals surface area contributed by atoms with E-state index in [2.05, 4.69) is 20.8 Å². The van der Waals surface area contributed by atoms with E-state index in [1.54, 1.807) is 0 Å². The summed E-state index contributed by atoms with van der Waals surface area (Å²) in [5.74, 6) is 1.34. The number of hydrogen-bond donors (Lipinski definition) is 1. The first-order valence-corrected chi connectivity index (χ1v) is 5.35. The molecule has 0 saturated heterocycles. The first-order chi connectivity index (χ1) is 5.74. The molecule has 0 aliphatic carbocycles. The van der Waals surface area contributed by atoms with Crippen molar-refractivity contribution < 1.29 is 5.11 Å². The van der Waals surface area contributed by atoms with Gasteiger partial charge in [-0.3, -0.25) is 0 Å². The van der Waals surface area contributed by atoms with Crippen LogP contribution in [0.2, 0.25) is 0 Å². The summed E-state index contributed by atoms with van der Waals surface area (Å²) in [6.45, 7) is 7.08. The van der Waals surface area contributed by atoms with Gasteiger partial charge in [-0.1, -0.05) is 40.0 Å². The Morgan fingerprint density at radius 3 is 2.08 bits per heavy atom. The van der Waals surface area contributed by atoms with Crippen LogP contribution in [0.4, 0.5) is 0 Å². The summed E-state index contributed by atoms with van der Waals surface area (Å²) in [4.78, 5) is 0. The minimum atomic E-state index is 0.377. The smallest absolute Gasteiger partial charge is 0.0459 e. The third-order valence-corrected chi connectivity index (χ3v) is 2.47. The highest BCUT2D eigenvalue weighted by Gasteiger charge is 2.10. The molecule has 0 bridgehead atoms. The molecule has 0 rings (SSSR count). The van der Waals surface area contributed by atoms with Crippen LogP contribution in [0.1, 0.15) is 52.9 Å². The Morgan fingerprint density at radius 2 is 1.67 bits per heavy atom. The van der Waals surface area contributed by atoms with Crippen molar-refractivity contribution >= 4 is 0 Å². The van der Waals surface area contributed by atoms with Crippen LogP contribution in [0.3, 0.4) is 0 Å². The zero-order valence-corrected chi connectivity index (χ0v) is 8.84. The van der Waals surface area contributed by atoms with Gasteiger partial charge < -0.3 is 5.11 Å². The lowest BCUT2D eigenvalue weighted by Gasteiger charge is -2.17. The minimum absolute atomic E-state index is 0.377. The van der Waals surface area contributed by atoms with Gasteiger partial charge in [0.1, 0.15) is 0 Å². The normalized spacial score (nSPS) is 16.0. The summed E-state index contributed by atoms with van der Waals surface area (Å²) in [6.07, 6.45) is 6.17. The molecule has 1 nitrogen and oxygen atoms in total. The van der Waals surface area contributed by atoms with Crippen molar-refractivity contribution in [3.8, 4) is 0 Å². The molecule has 0 aromatic heterocycles. The van der Waals surface area contributed by atoms with E-state index in [1.807, 2.05) is 0 Å². The summed E-state index contributed by atoms with van der Waals surface area (Å²) in [7, 11) is 0. The molecule has 0 aliphatic rings. The van der Waals surface area contributed by atoms with Crippen LogP contribution in [0, 0.1) is 11.8 Å². The fourth-order valence-corrected chi connectivity index (χ4v) is 1.87. The van der Waals surface area contributed by atoms with Gasteiger partial charge in [-0.15, -0.1) is 0 Å². The molecule has 0 aromatic rings. The third kappa shape index (κ3) is 5.59. The molecule has 74 valence electrons. The Labute approximate surface area is 77.2 Å². The maximum Gasteiger partial charge on any atom is 0.0459 e. The molecule has 2 unspecified atom stereocenters. The van der Waals surface area contributed by atoms with Crippen LogP contribution in [0.15, 0.2) is 0 Å². The maximum atomic E-state index is 9.07. The first kappa shape index (κ1) is 12.0. The highest BCUT2D eigenvalue weighted by molar-refractivity contribution is 4.62. The second-order valence-electron chi connectivity index (χ2n) is 3.97. The summed E-state index contributed by atoms with van der Waals surface area (Å²) >= 11 is 0. The van der Waals surface area contributed by atoms with E-state index >= 15 is 0 Å². The third-order valence-electron chi connectivity index (χ3n) is 2.47. The largest absolute Gasteiger partial charge is 0.396 e. The van der Waals surface area contributed by atoms with Gasteiger partial charge in [0.05, 0.1) is 0 Å². The fourth-order valence-electron chi connectivity index (χ4n) is 1.87. The second kappa shape index (κ2) is 7.60. The van der Waals surface area contributed by atoms with Crippen molar-refractivity contribution in [2.24, 2.45) is 11.8 Å². The van der Waals surface area contributed by atoms with Crippen LogP contribution in [-0.2, 0) is 0 Å². The summed E-state index contributed by atoms with van der Waals surface area (Å²) in [6, 6.07) is 0. The van der Waals surface area contributed by atoms with Crippen molar-refractivity contribution in [2.75, 3.05) is 6.61 Å².